The number of nitrogens with zero attached hydrogens (tertiary/aromatic N) is 2. The van der Waals surface area contributed by atoms with Gasteiger partial charge in [-0.1, -0.05) is 6.07 Å². The standard InChI is InChI=1S/C13H18N2O5/c1-3-19-13(16)10-14(2)7-8-20-12-6-4-5-11(9-12)15(17)18/h4-6,9H,3,7-8,10H2,1-2H3. The van der Waals surface area contributed by atoms with Crippen LogP contribution in [0.5, 0.6) is 5.75 Å². The van der Waals surface area contributed by atoms with Gasteiger partial charge in [0.05, 0.1) is 24.1 Å². The molecule has 1 aromatic rings. The Kier molecular flexibility index (Phi) is 6.45. The molecular weight excluding hydrogens is 264 g/mol. The van der Waals surface area contributed by atoms with Gasteiger partial charge in [-0.2, -0.15) is 0 Å². The molecule has 0 amide bonds. The van der Waals surface area contributed by atoms with E-state index in [0.717, 1.165) is 0 Å². The summed E-state index contributed by atoms with van der Waals surface area (Å²) < 4.78 is 10.2. The molecule has 7 heteroatoms. The van der Waals surface area contributed by atoms with Crippen LogP contribution in [-0.4, -0.2) is 49.1 Å². The van der Waals surface area contributed by atoms with Gasteiger partial charge in [0.2, 0.25) is 0 Å². The van der Waals surface area contributed by atoms with Crippen molar-refractivity contribution in [2.24, 2.45) is 0 Å². The molecule has 0 fully saturated rings. The summed E-state index contributed by atoms with van der Waals surface area (Å²) >= 11 is 0. The number of carbonyl (C=O) groups excluding carboxylic acids is 1. The number of nitro groups is 1. The molecule has 0 atom stereocenters. The van der Waals surface area contributed by atoms with Crippen molar-refractivity contribution in [2.75, 3.05) is 33.4 Å². The van der Waals surface area contributed by atoms with Crippen LogP contribution in [0.1, 0.15) is 6.92 Å². The topological polar surface area (TPSA) is 81.9 Å². The lowest BCUT2D eigenvalue weighted by molar-refractivity contribution is -0.384. The molecular formula is C13H18N2O5. The van der Waals surface area contributed by atoms with E-state index < -0.39 is 4.92 Å². The van der Waals surface area contributed by atoms with E-state index in [1.807, 2.05) is 0 Å². The molecule has 0 heterocycles. The molecule has 0 radical (unpaired) electrons. The number of rotatable bonds is 8. The van der Waals surface area contributed by atoms with E-state index in [9.17, 15) is 14.9 Å². The van der Waals surface area contributed by atoms with Crippen LogP contribution in [0.4, 0.5) is 5.69 Å². The highest BCUT2D eigenvalue weighted by molar-refractivity contribution is 5.71. The maximum atomic E-state index is 11.2. The Morgan fingerprint density at radius 3 is 2.85 bits per heavy atom. The summed E-state index contributed by atoms with van der Waals surface area (Å²) in [5, 5.41) is 10.6. The summed E-state index contributed by atoms with van der Waals surface area (Å²) in [6.45, 7) is 3.14. The summed E-state index contributed by atoms with van der Waals surface area (Å²) in [7, 11) is 1.77. The van der Waals surface area contributed by atoms with Crippen molar-refractivity contribution in [3.05, 3.63) is 34.4 Å². The van der Waals surface area contributed by atoms with Crippen LogP contribution in [0, 0.1) is 10.1 Å². The van der Waals surface area contributed by atoms with Crippen LogP contribution >= 0.6 is 0 Å². The molecule has 0 N–H and O–H groups in total. The van der Waals surface area contributed by atoms with Crippen LogP contribution in [0.3, 0.4) is 0 Å². The summed E-state index contributed by atoms with van der Waals surface area (Å²) in [6.07, 6.45) is 0. The number of ether oxygens (including phenoxy) is 2. The van der Waals surface area contributed by atoms with E-state index in [1.54, 1.807) is 31.0 Å². The monoisotopic (exact) mass is 282 g/mol. The molecule has 20 heavy (non-hydrogen) atoms. The van der Waals surface area contributed by atoms with Gasteiger partial charge in [-0.05, 0) is 20.0 Å². The fraction of sp³-hybridized carbons (Fsp3) is 0.462. The first-order chi connectivity index (χ1) is 9.52. The highest BCUT2D eigenvalue weighted by atomic mass is 16.6. The lowest BCUT2D eigenvalue weighted by Crippen LogP contribution is -2.30. The third kappa shape index (κ3) is 5.66. The number of hydrogen-bond acceptors (Lipinski definition) is 6. The molecule has 0 spiro atoms. The van der Waals surface area contributed by atoms with Crippen molar-refractivity contribution < 1.29 is 19.2 Å². The Labute approximate surface area is 117 Å². The average molecular weight is 282 g/mol. The van der Waals surface area contributed by atoms with Crippen molar-refractivity contribution in [1.29, 1.82) is 0 Å². The number of hydrogen-bond donors (Lipinski definition) is 0. The van der Waals surface area contributed by atoms with Gasteiger partial charge in [0.15, 0.2) is 0 Å². The molecule has 0 bridgehead atoms. The molecule has 1 aromatic carbocycles. The first-order valence-corrected chi connectivity index (χ1v) is 6.24. The number of likely N-dealkylation sites (N-methyl/N-ethyl adjacent to an activating group) is 1. The van der Waals surface area contributed by atoms with Gasteiger partial charge in [0.25, 0.3) is 5.69 Å². The van der Waals surface area contributed by atoms with Crippen molar-refractivity contribution in [3.63, 3.8) is 0 Å². The minimum atomic E-state index is -0.472. The third-order valence-electron chi connectivity index (χ3n) is 2.47. The average Bonchev–Trinajstić information content (AvgIpc) is 2.39. The first kappa shape index (κ1) is 15.9. The smallest absolute Gasteiger partial charge is 0.320 e. The van der Waals surface area contributed by atoms with Crippen molar-refractivity contribution in [3.8, 4) is 5.75 Å². The zero-order valence-electron chi connectivity index (χ0n) is 11.6. The molecule has 0 unspecified atom stereocenters. The summed E-state index contributed by atoms with van der Waals surface area (Å²) in [6, 6.07) is 5.99. The molecule has 0 aliphatic carbocycles. The molecule has 0 aliphatic rings. The number of esters is 1. The largest absolute Gasteiger partial charge is 0.492 e. The Hall–Kier alpha value is -2.15. The van der Waals surface area contributed by atoms with Gasteiger partial charge in [-0.25, -0.2) is 0 Å². The van der Waals surface area contributed by atoms with E-state index in [-0.39, 0.29) is 18.2 Å². The van der Waals surface area contributed by atoms with Gasteiger partial charge in [-0.15, -0.1) is 0 Å². The van der Waals surface area contributed by atoms with Crippen LogP contribution in [0.15, 0.2) is 24.3 Å². The van der Waals surface area contributed by atoms with Crippen LogP contribution in [0.2, 0.25) is 0 Å². The summed E-state index contributed by atoms with van der Waals surface area (Å²) in [5.74, 6) is 0.147. The highest BCUT2D eigenvalue weighted by Crippen LogP contribution is 2.18. The quantitative estimate of drug-likeness (QED) is 0.408. The molecule has 1 rings (SSSR count). The predicted molar refractivity (Wildman–Crippen MR) is 72.7 cm³/mol. The number of carbonyl (C=O) groups is 1. The van der Waals surface area contributed by atoms with Gasteiger partial charge in [-0.3, -0.25) is 19.8 Å². The van der Waals surface area contributed by atoms with Crippen LogP contribution in [0.25, 0.3) is 0 Å². The lowest BCUT2D eigenvalue weighted by Gasteiger charge is -2.15. The Bertz CT molecular complexity index is 464. The predicted octanol–water partition coefficient (Wildman–Crippen LogP) is 1.47. The van der Waals surface area contributed by atoms with E-state index in [4.69, 9.17) is 9.47 Å². The van der Waals surface area contributed by atoms with Crippen molar-refractivity contribution >= 4 is 11.7 Å². The molecule has 0 saturated carbocycles. The van der Waals surface area contributed by atoms with Gasteiger partial charge in [0.1, 0.15) is 12.4 Å². The fourth-order valence-corrected chi connectivity index (χ4v) is 1.51. The van der Waals surface area contributed by atoms with Gasteiger partial charge >= 0.3 is 5.97 Å². The zero-order chi connectivity index (χ0) is 15.0. The van der Waals surface area contributed by atoms with E-state index >= 15 is 0 Å². The van der Waals surface area contributed by atoms with Gasteiger partial charge in [0, 0.05) is 12.6 Å². The Morgan fingerprint density at radius 1 is 1.45 bits per heavy atom. The van der Waals surface area contributed by atoms with Crippen LogP contribution < -0.4 is 4.74 Å². The second kappa shape index (κ2) is 8.11. The Balaban J connectivity index is 2.35. The van der Waals surface area contributed by atoms with Crippen molar-refractivity contribution in [2.45, 2.75) is 6.92 Å². The van der Waals surface area contributed by atoms with Gasteiger partial charge < -0.3 is 9.47 Å². The second-order valence-corrected chi connectivity index (χ2v) is 4.15. The second-order valence-electron chi connectivity index (χ2n) is 4.15. The third-order valence-corrected chi connectivity index (χ3v) is 2.47. The van der Waals surface area contributed by atoms with E-state index in [0.29, 0.717) is 25.5 Å². The zero-order valence-corrected chi connectivity index (χ0v) is 11.6. The fourth-order valence-electron chi connectivity index (χ4n) is 1.51. The highest BCUT2D eigenvalue weighted by Gasteiger charge is 2.08. The van der Waals surface area contributed by atoms with Crippen molar-refractivity contribution in [1.82, 2.24) is 4.90 Å². The molecule has 0 aromatic heterocycles. The summed E-state index contributed by atoms with van der Waals surface area (Å²) in [5.41, 5.74) is -0.0117. The van der Waals surface area contributed by atoms with Crippen LogP contribution in [-0.2, 0) is 9.53 Å². The molecule has 0 aliphatic heterocycles. The van der Waals surface area contributed by atoms with E-state index in [1.165, 1.54) is 12.1 Å². The maximum absolute atomic E-state index is 11.2. The SMILES string of the molecule is CCOC(=O)CN(C)CCOc1cccc([N+](=O)[O-])c1. The summed E-state index contributed by atoms with van der Waals surface area (Å²) in [4.78, 5) is 23.1. The minimum absolute atomic E-state index is 0.0117. The molecule has 110 valence electrons. The number of benzene rings is 1. The number of non-ortho nitro benzene ring substituents is 1. The maximum Gasteiger partial charge on any atom is 0.320 e. The lowest BCUT2D eigenvalue weighted by atomic mass is 10.3. The molecule has 7 nitrogen and oxygen atoms in total. The minimum Gasteiger partial charge on any atom is -0.492 e. The first-order valence-electron chi connectivity index (χ1n) is 6.24. The van der Waals surface area contributed by atoms with E-state index in [2.05, 4.69) is 0 Å². The molecule has 0 saturated heterocycles. The Morgan fingerprint density at radius 2 is 2.20 bits per heavy atom. The number of nitro benzene ring substituents is 1. The normalized spacial score (nSPS) is 10.3.